The van der Waals surface area contributed by atoms with Gasteiger partial charge >= 0.3 is 6.29 Å². The van der Waals surface area contributed by atoms with Crippen LogP contribution in [0.15, 0.2) is 24.3 Å². The number of fused-ring (bicyclic) bond motifs is 1. The van der Waals surface area contributed by atoms with Crippen molar-refractivity contribution in [3.8, 4) is 11.5 Å². The van der Waals surface area contributed by atoms with Crippen molar-refractivity contribution >= 4 is 12.9 Å². The highest BCUT2D eigenvalue weighted by Crippen LogP contribution is 2.39. The van der Waals surface area contributed by atoms with Gasteiger partial charge < -0.3 is 14.0 Å². The van der Waals surface area contributed by atoms with E-state index in [4.69, 9.17) is 4.55 Å². The molecule has 0 aliphatic carbocycles. The Morgan fingerprint density at radius 1 is 0.941 bits per heavy atom. The molecule has 1 aliphatic heterocycles. The van der Waals surface area contributed by atoms with Crippen LogP contribution in [0.3, 0.4) is 0 Å². The van der Waals surface area contributed by atoms with Gasteiger partial charge in [-0.15, -0.1) is 8.78 Å². The molecule has 100 valence electrons. The van der Waals surface area contributed by atoms with Crippen molar-refractivity contribution < 1.29 is 22.8 Å². The Balaban J connectivity index is 0. The van der Waals surface area contributed by atoms with Crippen molar-refractivity contribution in [1.82, 2.24) is 0 Å². The molecule has 0 fully saturated rings. The van der Waals surface area contributed by atoms with E-state index >= 15 is 0 Å². The van der Waals surface area contributed by atoms with Crippen LogP contribution in [0.25, 0.3) is 0 Å². The molecule has 1 aliphatic rings. The number of halogens is 2. The molecule has 1 heterocycles. The predicted molar refractivity (Wildman–Crippen MR) is 67.0 cm³/mol. The molecule has 3 nitrogen and oxygen atoms in total. The normalized spacial score (nSPS) is 12.9. The lowest BCUT2D eigenvalue weighted by atomic mass is 10.3. The summed E-state index contributed by atoms with van der Waals surface area (Å²) < 4.78 is 39.6. The lowest BCUT2D eigenvalue weighted by Gasteiger charge is -2.04. The smallest absolute Gasteiger partial charge is 0.395 e. The van der Waals surface area contributed by atoms with Crippen molar-refractivity contribution in [3.63, 3.8) is 0 Å². The molecule has 0 aromatic heterocycles. The highest BCUT2D eigenvalue weighted by atomic mass is 32.1. The van der Waals surface area contributed by atoms with E-state index in [9.17, 15) is 8.78 Å². The van der Waals surface area contributed by atoms with Gasteiger partial charge in [-0.25, -0.2) is 0 Å². The summed E-state index contributed by atoms with van der Waals surface area (Å²) in [6, 6.07) is 6.06. The molecule has 0 unspecified atom stereocenters. The first-order chi connectivity index (χ1) is 8.17. The van der Waals surface area contributed by atoms with Gasteiger partial charge in [0.15, 0.2) is 11.5 Å². The van der Waals surface area contributed by atoms with Crippen LogP contribution in [0.5, 0.6) is 11.5 Å². The van der Waals surface area contributed by atoms with Crippen LogP contribution in [0.4, 0.5) is 8.78 Å². The van der Waals surface area contributed by atoms with E-state index in [1.165, 1.54) is 12.1 Å². The molecule has 17 heavy (non-hydrogen) atoms. The second-order valence-electron chi connectivity index (χ2n) is 2.11. The standard InChI is InChI=1S/C7H4F2O2.2C2H6.H2OS/c8-7(9)10-5-3-1-2-4-6(5)11-7;3*1-2/h1-4H;2*1-2H3;1-2H. The molecule has 0 radical (unpaired) electrons. The molecule has 6 heteroatoms. The number of ether oxygens (including phenoxy) is 2. The zero-order valence-corrected chi connectivity index (χ0v) is 11.2. The highest BCUT2D eigenvalue weighted by molar-refractivity contribution is 7.74. The van der Waals surface area contributed by atoms with Crippen LogP contribution in [-0.4, -0.2) is 10.8 Å². The molecule has 0 amide bonds. The van der Waals surface area contributed by atoms with Gasteiger partial charge in [0.05, 0.1) is 0 Å². The molecule has 0 saturated carbocycles. The number of rotatable bonds is 0. The number of para-hydroxylation sites is 2. The van der Waals surface area contributed by atoms with Gasteiger partial charge in [0.25, 0.3) is 0 Å². The molecule has 2 rings (SSSR count). The van der Waals surface area contributed by atoms with Gasteiger partial charge in [0, 0.05) is 0 Å². The fourth-order valence-electron chi connectivity index (χ4n) is 0.896. The Hall–Kier alpha value is -1.01. The second-order valence-corrected chi connectivity index (χ2v) is 2.11. The van der Waals surface area contributed by atoms with Crippen molar-refractivity contribution in [2.45, 2.75) is 34.0 Å². The lowest BCUT2D eigenvalue weighted by molar-refractivity contribution is -0.286. The second kappa shape index (κ2) is 10.2. The van der Waals surface area contributed by atoms with Crippen molar-refractivity contribution in [2.75, 3.05) is 0 Å². The fraction of sp³-hybridized carbons (Fsp3) is 0.455. The van der Waals surface area contributed by atoms with Crippen LogP contribution in [-0.2, 0) is 0 Å². The summed E-state index contributed by atoms with van der Waals surface area (Å²) in [4.78, 5) is 0. The van der Waals surface area contributed by atoms with E-state index in [0.29, 0.717) is 0 Å². The largest absolute Gasteiger partial charge is 0.586 e. The molecule has 1 aromatic carbocycles. The van der Waals surface area contributed by atoms with E-state index in [1.54, 1.807) is 12.1 Å². The summed E-state index contributed by atoms with van der Waals surface area (Å²) >= 11 is 2.53. The third-order valence-electron chi connectivity index (χ3n) is 1.31. The molecule has 0 spiro atoms. The van der Waals surface area contributed by atoms with E-state index < -0.39 is 6.29 Å². The highest BCUT2D eigenvalue weighted by Gasteiger charge is 2.42. The molecule has 0 bridgehead atoms. The van der Waals surface area contributed by atoms with E-state index in [1.807, 2.05) is 27.7 Å². The summed E-state index contributed by atoms with van der Waals surface area (Å²) in [5.41, 5.74) is 0. The zero-order chi connectivity index (χ0) is 13.9. The van der Waals surface area contributed by atoms with Gasteiger partial charge in [0.1, 0.15) is 0 Å². The van der Waals surface area contributed by atoms with Crippen molar-refractivity contribution in [1.29, 1.82) is 0 Å². The van der Waals surface area contributed by atoms with Gasteiger partial charge in [-0.1, -0.05) is 39.8 Å². The Bertz CT molecular complexity index is 269. The van der Waals surface area contributed by atoms with E-state index in [-0.39, 0.29) is 11.5 Å². The molecule has 1 aromatic rings. The van der Waals surface area contributed by atoms with Crippen LogP contribution < -0.4 is 9.47 Å². The van der Waals surface area contributed by atoms with Crippen LogP contribution >= 0.6 is 12.9 Å². The average Bonchev–Trinajstić information content (AvgIpc) is 2.70. The maximum atomic E-state index is 12.3. The summed E-state index contributed by atoms with van der Waals surface area (Å²) in [6.45, 7) is 8.00. The maximum Gasteiger partial charge on any atom is 0.586 e. The topological polar surface area (TPSA) is 38.7 Å². The Morgan fingerprint density at radius 2 is 1.24 bits per heavy atom. The minimum atomic E-state index is -3.50. The van der Waals surface area contributed by atoms with Gasteiger partial charge in [-0.3, -0.25) is 0 Å². The fourth-order valence-corrected chi connectivity index (χ4v) is 0.896. The molecule has 0 atom stereocenters. The minimum Gasteiger partial charge on any atom is -0.395 e. The third-order valence-corrected chi connectivity index (χ3v) is 1.31. The average molecular weight is 268 g/mol. The minimum absolute atomic E-state index is 0.0810. The summed E-state index contributed by atoms with van der Waals surface area (Å²) in [7, 11) is 0. The van der Waals surface area contributed by atoms with E-state index in [2.05, 4.69) is 22.4 Å². The first kappa shape index (κ1) is 18.4. The first-order valence-corrected chi connectivity index (χ1v) is 5.62. The summed E-state index contributed by atoms with van der Waals surface area (Å²) in [5, 5.41) is 0. The Morgan fingerprint density at radius 3 is 1.53 bits per heavy atom. The number of hydrogen-bond acceptors (Lipinski definition) is 4. The zero-order valence-electron chi connectivity index (χ0n) is 10.3. The predicted octanol–water partition coefficient (Wildman–Crippen LogP) is 4.45. The van der Waals surface area contributed by atoms with Crippen LogP contribution in [0.2, 0.25) is 0 Å². The van der Waals surface area contributed by atoms with Crippen molar-refractivity contribution in [2.24, 2.45) is 0 Å². The number of thiol groups is 1. The quantitative estimate of drug-likeness (QED) is 0.539. The molecule has 0 saturated heterocycles. The summed E-state index contributed by atoms with van der Waals surface area (Å²) in [5.74, 6) is 0.162. The molecule has 1 N–H and O–H groups in total. The Labute approximate surface area is 106 Å². The first-order valence-electron chi connectivity index (χ1n) is 5.22. The van der Waals surface area contributed by atoms with Crippen LogP contribution in [0.1, 0.15) is 27.7 Å². The SMILES string of the molecule is CC.CC.FC1(F)Oc2ccccc2O1.OS. The maximum absolute atomic E-state index is 12.3. The third kappa shape index (κ3) is 6.33. The number of alkyl halides is 2. The Kier molecular flexibility index (Phi) is 11.0. The van der Waals surface area contributed by atoms with Crippen LogP contribution in [0, 0.1) is 0 Å². The number of hydrogen-bond donors (Lipinski definition) is 2. The summed E-state index contributed by atoms with van der Waals surface area (Å²) in [6.07, 6.45) is -3.50. The van der Waals surface area contributed by atoms with Gasteiger partial charge in [-0.2, -0.15) is 0 Å². The van der Waals surface area contributed by atoms with E-state index in [0.717, 1.165) is 0 Å². The van der Waals surface area contributed by atoms with Crippen molar-refractivity contribution in [3.05, 3.63) is 24.3 Å². The number of benzene rings is 1. The monoisotopic (exact) mass is 268 g/mol. The molecular weight excluding hydrogens is 250 g/mol. The lowest BCUT2D eigenvalue weighted by Crippen LogP contribution is -2.25. The van der Waals surface area contributed by atoms with Gasteiger partial charge in [-0.05, 0) is 25.0 Å². The van der Waals surface area contributed by atoms with Gasteiger partial charge in [0.2, 0.25) is 0 Å². The molecular formula is C11H18F2O3S.